The van der Waals surface area contributed by atoms with Crippen molar-refractivity contribution in [3.05, 3.63) is 17.0 Å². The lowest BCUT2D eigenvalue weighted by molar-refractivity contribution is 0.0905. The standard InChI is InChI=1S/C12H20N4O/c1-4-12(2,3)14-11(17)10-8-7-13-6-5-9(8)15-16-10/h13H,4-7H2,1-3H3,(H,14,17)(H,15,16). The molecule has 0 spiro atoms. The quantitative estimate of drug-likeness (QED) is 0.732. The summed E-state index contributed by atoms with van der Waals surface area (Å²) in [5.41, 5.74) is 2.45. The predicted molar refractivity (Wildman–Crippen MR) is 65.8 cm³/mol. The minimum absolute atomic E-state index is 0.0851. The fourth-order valence-electron chi connectivity index (χ4n) is 1.87. The molecule has 0 atom stereocenters. The highest BCUT2D eigenvalue weighted by Crippen LogP contribution is 2.16. The molecule has 1 aliphatic heterocycles. The van der Waals surface area contributed by atoms with Crippen LogP contribution in [0.4, 0.5) is 0 Å². The molecule has 1 aliphatic rings. The van der Waals surface area contributed by atoms with Gasteiger partial charge in [-0.3, -0.25) is 9.89 Å². The van der Waals surface area contributed by atoms with Crippen molar-refractivity contribution in [1.82, 2.24) is 20.8 Å². The molecule has 17 heavy (non-hydrogen) atoms. The first kappa shape index (κ1) is 12.1. The minimum atomic E-state index is -0.189. The lowest BCUT2D eigenvalue weighted by Gasteiger charge is -2.24. The Kier molecular flexibility index (Phi) is 3.19. The third-order valence-corrected chi connectivity index (χ3v) is 3.36. The lowest BCUT2D eigenvalue weighted by atomic mass is 10.0. The van der Waals surface area contributed by atoms with Gasteiger partial charge in [0.1, 0.15) is 0 Å². The van der Waals surface area contributed by atoms with E-state index >= 15 is 0 Å². The molecule has 3 N–H and O–H groups in total. The Hall–Kier alpha value is -1.36. The second-order valence-corrected chi connectivity index (χ2v) is 5.15. The number of hydrogen-bond donors (Lipinski definition) is 3. The summed E-state index contributed by atoms with van der Waals surface area (Å²) in [4.78, 5) is 12.1. The molecule has 2 heterocycles. The Morgan fingerprint density at radius 2 is 2.29 bits per heavy atom. The van der Waals surface area contributed by atoms with Gasteiger partial charge in [0.25, 0.3) is 5.91 Å². The normalized spacial score (nSPS) is 15.5. The van der Waals surface area contributed by atoms with Crippen LogP contribution >= 0.6 is 0 Å². The van der Waals surface area contributed by atoms with Crippen LogP contribution in [0.3, 0.4) is 0 Å². The van der Waals surface area contributed by atoms with Crippen molar-refractivity contribution in [1.29, 1.82) is 0 Å². The van der Waals surface area contributed by atoms with Crippen molar-refractivity contribution in [3.63, 3.8) is 0 Å². The molecular weight excluding hydrogens is 216 g/mol. The Morgan fingerprint density at radius 3 is 3.00 bits per heavy atom. The van der Waals surface area contributed by atoms with Gasteiger partial charge in [-0.15, -0.1) is 0 Å². The molecule has 0 bridgehead atoms. The van der Waals surface area contributed by atoms with Crippen molar-refractivity contribution < 1.29 is 4.79 Å². The zero-order valence-electron chi connectivity index (χ0n) is 10.7. The number of nitrogens with one attached hydrogen (secondary N) is 3. The Morgan fingerprint density at radius 1 is 1.53 bits per heavy atom. The van der Waals surface area contributed by atoms with Crippen LogP contribution in [-0.4, -0.2) is 28.2 Å². The van der Waals surface area contributed by atoms with Crippen LogP contribution in [0.2, 0.25) is 0 Å². The molecule has 0 radical (unpaired) electrons. The second-order valence-electron chi connectivity index (χ2n) is 5.15. The largest absolute Gasteiger partial charge is 0.346 e. The van der Waals surface area contributed by atoms with Crippen LogP contribution in [0.25, 0.3) is 0 Å². The summed E-state index contributed by atoms with van der Waals surface area (Å²) in [6.45, 7) is 7.75. The van der Waals surface area contributed by atoms with Crippen LogP contribution in [0.5, 0.6) is 0 Å². The van der Waals surface area contributed by atoms with Gasteiger partial charge in [-0.2, -0.15) is 5.10 Å². The predicted octanol–water partition coefficient (Wildman–Crippen LogP) is 0.974. The number of H-pyrrole nitrogens is 1. The third-order valence-electron chi connectivity index (χ3n) is 3.36. The highest BCUT2D eigenvalue weighted by atomic mass is 16.2. The van der Waals surface area contributed by atoms with Crippen molar-refractivity contribution in [2.75, 3.05) is 6.54 Å². The van der Waals surface area contributed by atoms with E-state index in [1.165, 1.54) is 0 Å². The molecule has 0 saturated carbocycles. The SMILES string of the molecule is CCC(C)(C)NC(=O)c1n[nH]c2c1CNCC2. The van der Waals surface area contributed by atoms with Crippen LogP contribution in [0.15, 0.2) is 0 Å². The van der Waals surface area contributed by atoms with Crippen LogP contribution in [0.1, 0.15) is 48.9 Å². The summed E-state index contributed by atoms with van der Waals surface area (Å²) < 4.78 is 0. The van der Waals surface area contributed by atoms with Gasteiger partial charge in [-0.1, -0.05) is 6.92 Å². The maximum atomic E-state index is 12.1. The van der Waals surface area contributed by atoms with Gasteiger partial charge in [-0.05, 0) is 20.3 Å². The van der Waals surface area contributed by atoms with E-state index in [1.807, 2.05) is 13.8 Å². The van der Waals surface area contributed by atoms with Crippen molar-refractivity contribution in [3.8, 4) is 0 Å². The van der Waals surface area contributed by atoms with Crippen LogP contribution in [-0.2, 0) is 13.0 Å². The molecule has 0 fully saturated rings. The second kappa shape index (κ2) is 4.49. The van der Waals surface area contributed by atoms with Gasteiger partial charge in [-0.25, -0.2) is 0 Å². The molecule has 0 aliphatic carbocycles. The zero-order valence-corrected chi connectivity index (χ0v) is 10.7. The molecular formula is C12H20N4O. The number of amides is 1. The molecule has 0 unspecified atom stereocenters. The van der Waals surface area contributed by atoms with Gasteiger partial charge in [0.15, 0.2) is 5.69 Å². The smallest absolute Gasteiger partial charge is 0.272 e. The van der Waals surface area contributed by atoms with Crippen LogP contribution in [0, 0.1) is 0 Å². The topological polar surface area (TPSA) is 69.8 Å². The molecule has 0 aromatic carbocycles. The Labute approximate surface area is 101 Å². The van der Waals surface area contributed by atoms with Gasteiger partial charge in [0.2, 0.25) is 0 Å². The summed E-state index contributed by atoms with van der Waals surface area (Å²) in [6.07, 6.45) is 1.80. The maximum absolute atomic E-state index is 12.1. The fourth-order valence-corrected chi connectivity index (χ4v) is 1.87. The van der Waals surface area contributed by atoms with E-state index in [4.69, 9.17) is 0 Å². The Bertz CT molecular complexity index is 422. The van der Waals surface area contributed by atoms with Gasteiger partial charge in [0, 0.05) is 36.3 Å². The summed E-state index contributed by atoms with van der Waals surface area (Å²) >= 11 is 0. The zero-order chi connectivity index (χ0) is 12.5. The lowest BCUT2D eigenvalue weighted by Crippen LogP contribution is -2.43. The average Bonchev–Trinajstić information content (AvgIpc) is 2.72. The van der Waals surface area contributed by atoms with Crippen molar-refractivity contribution in [2.45, 2.75) is 45.7 Å². The molecule has 94 valence electrons. The van der Waals surface area contributed by atoms with Gasteiger partial charge >= 0.3 is 0 Å². The monoisotopic (exact) mass is 236 g/mol. The summed E-state index contributed by atoms with van der Waals surface area (Å²) in [7, 11) is 0. The average molecular weight is 236 g/mol. The number of nitrogens with zero attached hydrogens (tertiary/aromatic N) is 1. The molecule has 2 rings (SSSR count). The van der Waals surface area contributed by atoms with E-state index < -0.39 is 0 Å². The number of hydrogen-bond acceptors (Lipinski definition) is 3. The van der Waals surface area contributed by atoms with E-state index in [0.717, 1.165) is 37.2 Å². The number of carbonyl (C=O) groups is 1. The number of aromatic nitrogens is 2. The maximum Gasteiger partial charge on any atom is 0.272 e. The number of aromatic amines is 1. The molecule has 1 aromatic heterocycles. The van der Waals surface area contributed by atoms with E-state index in [1.54, 1.807) is 0 Å². The van der Waals surface area contributed by atoms with E-state index in [9.17, 15) is 4.79 Å². The first-order valence-corrected chi connectivity index (χ1v) is 6.13. The fraction of sp³-hybridized carbons (Fsp3) is 0.667. The molecule has 1 aromatic rings. The van der Waals surface area contributed by atoms with E-state index in [-0.39, 0.29) is 11.4 Å². The Balaban J connectivity index is 2.17. The summed E-state index contributed by atoms with van der Waals surface area (Å²) in [5.74, 6) is -0.0851. The molecule has 0 saturated heterocycles. The number of rotatable bonds is 3. The number of carbonyl (C=O) groups excluding carboxylic acids is 1. The molecule has 5 heteroatoms. The first-order valence-electron chi connectivity index (χ1n) is 6.13. The highest BCUT2D eigenvalue weighted by Gasteiger charge is 2.25. The summed E-state index contributed by atoms with van der Waals surface area (Å²) in [5, 5.41) is 13.4. The van der Waals surface area contributed by atoms with Gasteiger partial charge in [0.05, 0.1) is 0 Å². The first-order chi connectivity index (χ1) is 8.03. The van der Waals surface area contributed by atoms with Crippen molar-refractivity contribution >= 4 is 5.91 Å². The van der Waals surface area contributed by atoms with Gasteiger partial charge < -0.3 is 10.6 Å². The highest BCUT2D eigenvalue weighted by molar-refractivity contribution is 5.94. The molecule has 1 amide bonds. The van der Waals surface area contributed by atoms with Crippen LogP contribution < -0.4 is 10.6 Å². The summed E-state index contributed by atoms with van der Waals surface area (Å²) in [6, 6.07) is 0. The van der Waals surface area contributed by atoms with Crippen molar-refractivity contribution in [2.24, 2.45) is 0 Å². The minimum Gasteiger partial charge on any atom is -0.346 e. The van der Waals surface area contributed by atoms with E-state index in [0.29, 0.717) is 5.69 Å². The van der Waals surface area contributed by atoms with E-state index in [2.05, 4.69) is 27.8 Å². The number of fused-ring (bicyclic) bond motifs is 1. The third kappa shape index (κ3) is 2.49. The molecule has 5 nitrogen and oxygen atoms in total.